The van der Waals surface area contributed by atoms with Crippen molar-refractivity contribution in [2.45, 2.75) is 199 Å². The highest BCUT2D eigenvalue weighted by Crippen LogP contribution is 2.43. The smallest absolute Gasteiger partial charge is 0.387 e. The van der Waals surface area contributed by atoms with Gasteiger partial charge in [-0.1, -0.05) is 173 Å². The second kappa shape index (κ2) is 34.7. The number of unbranched alkanes of at least 4 members (excludes halogenated alkanes) is 23. The topological polar surface area (TPSA) is 105 Å². The molecule has 0 aromatic carbocycles. The number of carbonyl (C=O) groups is 1. The van der Waals surface area contributed by atoms with E-state index in [9.17, 15) is 19.4 Å². The predicted molar refractivity (Wildman–Crippen MR) is 217 cm³/mol. The molecule has 51 heavy (non-hydrogen) atoms. The minimum Gasteiger partial charge on any atom is -0.387 e. The molecule has 0 heterocycles. The third-order valence-corrected chi connectivity index (χ3v) is 10.4. The molecule has 0 saturated heterocycles. The molecule has 0 aromatic rings. The Bertz CT molecular complexity index is 891. The second-order valence-corrected chi connectivity index (χ2v) is 17.2. The quantitative estimate of drug-likeness (QED) is 0.0252. The second-order valence-electron chi connectivity index (χ2n) is 15.7. The Kier molecular flexibility index (Phi) is 34.0. The summed E-state index contributed by atoms with van der Waals surface area (Å²) >= 11 is 0. The Morgan fingerprint density at radius 2 is 1.08 bits per heavy atom. The standard InChI is InChI=1S/C42H83N2O6P/c1-6-8-10-12-14-16-18-20-21-22-24-25-27-29-31-33-35-41(45)40(39-50-51(47,48)49-38-37-44(3,4)5)43-42(46)36-34-32-30-28-26-23-19-17-15-13-11-9-7-2/h25,27,33,35,40-41,45H,6-24,26,28-32,34,36-39H2,1-5H3,(H-,43,46,47,48)/p+1/b27-25+,35-33+. The monoisotopic (exact) mass is 744 g/mol. The molecule has 0 aliphatic heterocycles. The van der Waals surface area contributed by atoms with Crippen molar-refractivity contribution in [3.8, 4) is 0 Å². The summed E-state index contributed by atoms with van der Waals surface area (Å²) in [5.41, 5.74) is 0. The van der Waals surface area contributed by atoms with Gasteiger partial charge in [0.1, 0.15) is 13.2 Å². The number of quaternary nitrogens is 1. The van der Waals surface area contributed by atoms with Crippen LogP contribution in [0.4, 0.5) is 0 Å². The zero-order valence-electron chi connectivity index (χ0n) is 34.1. The molecule has 0 spiro atoms. The van der Waals surface area contributed by atoms with Gasteiger partial charge in [-0.05, 0) is 32.1 Å². The predicted octanol–water partition coefficient (Wildman–Crippen LogP) is 11.4. The van der Waals surface area contributed by atoms with Crippen LogP contribution in [0.25, 0.3) is 0 Å². The molecule has 0 saturated carbocycles. The van der Waals surface area contributed by atoms with Gasteiger partial charge in [-0.2, -0.15) is 0 Å². The van der Waals surface area contributed by atoms with E-state index in [0.29, 0.717) is 17.4 Å². The summed E-state index contributed by atoms with van der Waals surface area (Å²) < 4.78 is 23.5. The van der Waals surface area contributed by atoms with Gasteiger partial charge in [-0.15, -0.1) is 0 Å². The molecule has 0 radical (unpaired) electrons. The van der Waals surface area contributed by atoms with E-state index in [4.69, 9.17) is 9.05 Å². The fourth-order valence-electron chi connectivity index (χ4n) is 6.00. The number of aliphatic hydroxyl groups is 1. The van der Waals surface area contributed by atoms with Gasteiger partial charge < -0.3 is 19.8 Å². The maximum absolute atomic E-state index is 12.8. The summed E-state index contributed by atoms with van der Waals surface area (Å²) in [6.45, 7) is 4.78. The molecule has 3 atom stereocenters. The Morgan fingerprint density at radius 1 is 0.647 bits per heavy atom. The molecule has 8 nitrogen and oxygen atoms in total. The van der Waals surface area contributed by atoms with Gasteiger partial charge in [0, 0.05) is 6.42 Å². The van der Waals surface area contributed by atoms with E-state index in [1.54, 1.807) is 6.08 Å². The van der Waals surface area contributed by atoms with Crippen LogP contribution in [0.1, 0.15) is 187 Å². The zero-order chi connectivity index (χ0) is 37.9. The molecule has 0 aliphatic carbocycles. The first kappa shape index (κ1) is 50.0. The first-order chi connectivity index (χ1) is 24.5. The van der Waals surface area contributed by atoms with Crippen molar-refractivity contribution in [3.63, 3.8) is 0 Å². The summed E-state index contributed by atoms with van der Waals surface area (Å²) in [6.07, 6.45) is 39.5. The van der Waals surface area contributed by atoms with Crippen molar-refractivity contribution in [2.24, 2.45) is 0 Å². The third-order valence-electron chi connectivity index (χ3n) is 9.42. The lowest BCUT2D eigenvalue weighted by atomic mass is 10.0. The molecule has 302 valence electrons. The molecule has 1 amide bonds. The molecule has 0 rings (SSSR count). The summed E-state index contributed by atoms with van der Waals surface area (Å²) in [5.74, 6) is -0.187. The van der Waals surface area contributed by atoms with Gasteiger partial charge in [0.25, 0.3) is 0 Å². The lowest BCUT2D eigenvalue weighted by Gasteiger charge is -2.25. The number of carbonyl (C=O) groups excluding carboxylic acids is 1. The highest BCUT2D eigenvalue weighted by molar-refractivity contribution is 7.47. The normalized spacial score (nSPS) is 14.7. The van der Waals surface area contributed by atoms with Crippen LogP contribution in [0.5, 0.6) is 0 Å². The lowest BCUT2D eigenvalue weighted by Crippen LogP contribution is -2.45. The lowest BCUT2D eigenvalue weighted by molar-refractivity contribution is -0.870. The Labute approximate surface area is 315 Å². The number of nitrogens with one attached hydrogen (secondary N) is 1. The van der Waals surface area contributed by atoms with Crippen molar-refractivity contribution in [1.82, 2.24) is 5.32 Å². The van der Waals surface area contributed by atoms with Crippen LogP contribution in [-0.2, 0) is 18.4 Å². The number of amides is 1. The third kappa shape index (κ3) is 37.1. The SMILES string of the molecule is CCCCCCCCCCCC/C=C/CC/C=C/C(O)C(COP(=O)(O)OCC[N+](C)(C)C)NC(=O)CCCCCCCCCCCCCCC. The van der Waals surface area contributed by atoms with E-state index >= 15 is 0 Å². The molecule has 0 aromatic heterocycles. The average molecular weight is 744 g/mol. The van der Waals surface area contributed by atoms with Crippen molar-refractivity contribution in [3.05, 3.63) is 24.3 Å². The molecule has 0 aliphatic rings. The van der Waals surface area contributed by atoms with Crippen molar-refractivity contribution >= 4 is 13.7 Å². The fourth-order valence-corrected chi connectivity index (χ4v) is 6.73. The van der Waals surface area contributed by atoms with Crippen molar-refractivity contribution < 1.29 is 32.9 Å². The molecule has 0 bridgehead atoms. The number of phosphoric acid groups is 1. The van der Waals surface area contributed by atoms with Crippen LogP contribution in [0.2, 0.25) is 0 Å². The highest BCUT2D eigenvalue weighted by atomic mass is 31.2. The van der Waals surface area contributed by atoms with Crippen LogP contribution in [0.15, 0.2) is 24.3 Å². The number of hydrogen-bond donors (Lipinski definition) is 3. The fraction of sp³-hybridized carbons (Fsp3) is 0.881. The van der Waals surface area contributed by atoms with E-state index in [2.05, 4.69) is 31.3 Å². The van der Waals surface area contributed by atoms with E-state index in [1.165, 1.54) is 128 Å². The average Bonchev–Trinajstić information content (AvgIpc) is 3.07. The van der Waals surface area contributed by atoms with Gasteiger partial charge in [0.05, 0.1) is 39.9 Å². The van der Waals surface area contributed by atoms with Crippen molar-refractivity contribution in [1.29, 1.82) is 0 Å². The molecule has 0 fully saturated rings. The van der Waals surface area contributed by atoms with Crippen molar-refractivity contribution in [2.75, 3.05) is 40.9 Å². The molecule has 3 N–H and O–H groups in total. The van der Waals surface area contributed by atoms with Gasteiger partial charge in [0.2, 0.25) is 5.91 Å². The molecule has 9 heteroatoms. The highest BCUT2D eigenvalue weighted by Gasteiger charge is 2.27. The zero-order valence-corrected chi connectivity index (χ0v) is 35.0. The number of likely N-dealkylation sites (N-methyl/N-ethyl adjacent to an activating group) is 1. The Hall–Kier alpha value is -1.02. The number of phosphoric ester groups is 1. The number of allylic oxidation sites excluding steroid dienone is 3. The Balaban J connectivity index is 4.51. The maximum Gasteiger partial charge on any atom is 0.472 e. The van der Waals surface area contributed by atoms with Crippen LogP contribution < -0.4 is 5.32 Å². The van der Waals surface area contributed by atoms with E-state index in [1.807, 2.05) is 27.2 Å². The summed E-state index contributed by atoms with van der Waals surface area (Å²) in [6, 6.07) is -0.856. The molecule has 3 unspecified atom stereocenters. The minimum atomic E-state index is -4.34. The first-order valence-corrected chi connectivity index (χ1v) is 22.7. The van der Waals surface area contributed by atoms with Crippen LogP contribution >= 0.6 is 7.82 Å². The van der Waals surface area contributed by atoms with E-state index in [0.717, 1.165) is 38.5 Å². The van der Waals surface area contributed by atoms with Crippen LogP contribution in [-0.4, -0.2) is 73.4 Å². The van der Waals surface area contributed by atoms with Crippen LogP contribution in [0, 0.1) is 0 Å². The summed E-state index contributed by atoms with van der Waals surface area (Å²) in [7, 11) is 1.56. The first-order valence-electron chi connectivity index (χ1n) is 21.2. The maximum atomic E-state index is 12.8. The summed E-state index contributed by atoms with van der Waals surface area (Å²) in [5, 5.41) is 13.8. The largest absolute Gasteiger partial charge is 0.472 e. The number of rotatable bonds is 38. The number of nitrogens with zero attached hydrogens (tertiary/aromatic N) is 1. The van der Waals surface area contributed by atoms with Gasteiger partial charge in [0.15, 0.2) is 0 Å². The van der Waals surface area contributed by atoms with E-state index in [-0.39, 0.29) is 19.1 Å². The molecular formula is C42H84N2O6P+. The van der Waals surface area contributed by atoms with Gasteiger partial charge in [-0.25, -0.2) is 4.57 Å². The molecular weight excluding hydrogens is 659 g/mol. The Morgan fingerprint density at radius 3 is 1.57 bits per heavy atom. The van der Waals surface area contributed by atoms with E-state index < -0.39 is 20.0 Å². The van der Waals surface area contributed by atoms with Gasteiger partial charge >= 0.3 is 7.82 Å². The minimum absolute atomic E-state index is 0.0581. The van der Waals surface area contributed by atoms with Crippen LogP contribution in [0.3, 0.4) is 0 Å². The van der Waals surface area contributed by atoms with Gasteiger partial charge in [-0.3, -0.25) is 13.8 Å². The number of aliphatic hydroxyl groups excluding tert-OH is 1. The summed E-state index contributed by atoms with van der Waals surface area (Å²) in [4.78, 5) is 23.0. The number of hydrogen-bond acceptors (Lipinski definition) is 5.